The Kier molecular flexibility index (Phi) is 6.02. The summed E-state index contributed by atoms with van der Waals surface area (Å²) in [7, 11) is 3.05. The number of amides is 2. The van der Waals surface area contributed by atoms with Crippen LogP contribution in [0.4, 0.5) is 5.69 Å². The van der Waals surface area contributed by atoms with Gasteiger partial charge in [0.25, 0.3) is 11.8 Å². The van der Waals surface area contributed by atoms with Gasteiger partial charge in [-0.1, -0.05) is 53.7 Å². The third-order valence-electron chi connectivity index (χ3n) is 4.76. The van der Waals surface area contributed by atoms with Crippen LogP contribution in [0.1, 0.15) is 5.56 Å². The third-order valence-corrected chi connectivity index (χ3v) is 6.09. The number of carbonyl (C=O) groups excluding carboxylic acids is 2. The van der Waals surface area contributed by atoms with E-state index in [4.69, 9.17) is 21.1 Å². The Hall–Kier alpha value is -3.22. The van der Waals surface area contributed by atoms with E-state index in [9.17, 15) is 9.59 Å². The van der Waals surface area contributed by atoms with Crippen LogP contribution >= 0.6 is 23.4 Å². The molecule has 3 aromatic rings. The Bertz CT molecular complexity index is 1180. The molecule has 0 N–H and O–H groups in total. The quantitative estimate of drug-likeness (QED) is 0.467. The number of rotatable bonds is 6. The smallest absolute Gasteiger partial charge is 0.273 e. The number of carbonyl (C=O) groups is 2. The molecule has 1 heterocycles. The molecule has 0 saturated carbocycles. The van der Waals surface area contributed by atoms with E-state index in [2.05, 4.69) is 0 Å². The average Bonchev–Trinajstić information content (AvgIpc) is 3.03. The molecule has 0 unspecified atom stereocenters. The van der Waals surface area contributed by atoms with E-state index >= 15 is 0 Å². The van der Waals surface area contributed by atoms with Crippen LogP contribution in [0.2, 0.25) is 5.02 Å². The Morgan fingerprint density at radius 2 is 1.55 bits per heavy atom. The van der Waals surface area contributed by atoms with Crippen molar-refractivity contribution in [1.29, 1.82) is 0 Å². The molecule has 0 spiro atoms. The van der Waals surface area contributed by atoms with E-state index in [1.807, 2.05) is 30.3 Å². The van der Waals surface area contributed by atoms with Crippen LogP contribution < -0.4 is 14.4 Å². The first kappa shape index (κ1) is 21.0. The van der Waals surface area contributed by atoms with Crippen LogP contribution in [0.3, 0.4) is 0 Å². The molecular weight excluding hydrogens is 434 g/mol. The second-order valence-corrected chi connectivity index (χ2v) is 8.13. The molecule has 0 radical (unpaired) electrons. The molecular formula is C24H18ClNO4S. The van der Waals surface area contributed by atoms with Gasteiger partial charge < -0.3 is 9.47 Å². The van der Waals surface area contributed by atoms with Gasteiger partial charge in [0.05, 0.1) is 30.4 Å². The first-order valence-electron chi connectivity index (χ1n) is 9.37. The van der Waals surface area contributed by atoms with Crippen LogP contribution in [-0.4, -0.2) is 26.0 Å². The summed E-state index contributed by atoms with van der Waals surface area (Å²) in [4.78, 5) is 29.4. The van der Waals surface area contributed by atoms with Crippen molar-refractivity contribution in [1.82, 2.24) is 0 Å². The summed E-state index contributed by atoms with van der Waals surface area (Å²) < 4.78 is 10.6. The Labute approximate surface area is 189 Å². The minimum atomic E-state index is -0.436. The second-order valence-electron chi connectivity index (χ2n) is 6.61. The zero-order valence-electron chi connectivity index (χ0n) is 16.8. The Morgan fingerprint density at radius 1 is 0.839 bits per heavy atom. The highest BCUT2D eigenvalue weighted by atomic mass is 35.5. The second kappa shape index (κ2) is 8.88. The highest BCUT2D eigenvalue weighted by Gasteiger charge is 2.41. The van der Waals surface area contributed by atoms with Crippen molar-refractivity contribution in [3.63, 3.8) is 0 Å². The summed E-state index contributed by atoms with van der Waals surface area (Å²) in [5, 5.41) is 0.395. The topological polar surface area (TPSA) is 55.8 Å². The molecule has 1 aliphatic rings. The maximum atomic E-state index is 13.6. The molecule has 0 aliphatic carbocycles. The van der Waals surface area contributed by atoms with Crippen molar-refractivity contribution in [2.45, 2.75) is 4.90 Å². The van der Waals surface area contributed by atoms with Crippen molar-refractivity contribution in [3.05, 3.63) is 88.3 Å². The van der Waals surface area contributed by atoms with Crippen LogP contribution in [0.15, 0.2) is 82.6 Å². The lowest BCUT2D eigenvalue weighted by molar-refractivity contribution is -0.119. The number of hydrogen-bond acceptors (Lipinski definition) is 5. The van der Waals surface area contributed by atoms with E-state index < -0.39 is 11.8 Å². The van der Waals surface area contributed by atoms with E-state index in [0.29, 0.717) is 38.3 Å². The van der Waals surface area contributed by atoms with Gasteiger partial charge >= 0.3 is 0 Å². The number of methoxy groups -OCH3 is 2. The Morgan fingerprint density at radius 3 is 2.19 bits per heavy atom. The molecule has 5 nitrogen and oxygen atoms in total. The lowest BCUT2D eigenvalue weighted by Crippen LogP contribution is -2.31. The fourth-order valence-electron chi connectivity index (χ4n) is 3.28. The Balaban J connectivity index is 1.85. The van der Waals surface area contributed by atoms with E-state index in [-0.39, 0.29) is 0 Å². The lowest BCUT2D eigenvalue weighted by Gasteiger charge is -2.18. The summed E-state index contributed by atoms with van der Waals surface area (Å²) in [5.41, 5.74) is 1.25. The molecule has 0 saturated heterocycles. The summed E-state index contributed by atoms with van der Waals surface area (Å²) in [6.07, 6.45) is 0. The molecule has 0 aromatic heterocycles. The highest BCUT2D eigenvalue weighted by molar-refractivity contribution is 8.04. The summed E-state index contributed by atoms with van der Waals surface area (Å²) >= 11 is 7.42. The minimum Gasteiger partial charge on any atom is -0.497 e. The highest BCUT2D eigenvalue weighted by Crippen LogP contribution is 2.44. The van der Waals surface area contributed by atoms with Gasteiger partial charge in [-0.2, -0.15) is 0 Å². The first-order chi connectivity index (χ1) is 15.0. The number of imide groups is 1. The number of anilines is 1. The molecule has 3 aromatic carbocycles. The standard InChI is InChI=1S/C24H18ClNO4S/c1-29-17-11-8-15(9-12-17)21-22(31-18-6-4-3-5-7-18)24(28)26(23(21)27)19-14-16(25)10-13-20(19)30-2/h3-14H,1-2H3. The van der Waals surface area contributed by atoms with Crippen LogP contribution in [0.25, 0.3) is 5.57 Å². The van der Waals surface area contributed by atoms with Crippen LogP contribution in [0, 0.1) is 0 Å². The predicted molar refractivity (Wildman–Crippen MR) is 123 cm³/mol. The van der Waals surface area contributed by atoms with Gasteiger partial charge in [0.1, 0.15) is 11.5 Å². The van der Waals surface area contributed by atoms with Gasteiger partial charge in [-0.15, -0.1) is 0 Å². The van der Waals surface area contributed by atoms with E-state index in [1.165, 1.54) is 18.9 Å². The fraction of sp³-hybridized carbons (Fsp3) is 0.0833. The predicted octanol–water partition coefficient (Wildman–Crippen LogP) is 5.43. The van der Waals surface area contributed by atoms with Crippen molar-refractivity contribution in [2.24, 2.45) is 0 Å². The van der Waals surface area contributed by atoms with Crippen molar-refractivity contribution in [2.75, 3.05) is 19.1 Å². The molecule has 0 fully saturated rings. The summed E-state index contributed by atoms with van der Waals surface area (Å²) in [5.74, 6) is 0.178. The van der Waals surface area contributed by atoms with Gasteiger partial charge in [-0.3, -0.25) is 9.59 Å². The van der Waals surface area contributed by atoms with Gasteiger partial charge in [-0.25, -0.2) is 4.90 Å². The fourth-order valence-corrected chi connectivity index (χ4v) is 4.46. The summed E-state index contributed by atoms with van der Waals surface area (Å²) in [6.45, 7) is 0. The van der Waals surface area contributed by atoms with Gasteiger partial charge in [0.2, 0.25) is 0 Å². The van der Waals surface area contributed by atoms with E-state index in [0.717, 1.165) is 9.80 Å². The number of benzene rings is 3. The van der Waals surface area contributed by atoms with Crippen molar-refractivity contribution in [3.8, 4) is 11.5 Å². The minimum absolute atomic E-state index is 0.305. The molecule has 4 rings (SSSR count). The zero-order chi connectivity index (χ0) is 22.0. The molecule has 7 heteroatoms. The van der Waals surface area contributed by atoms with Crippen LogP contribution in [0.5, 0.6) is 11.5 Å². The number of hydrogen-bond donors (Lipinski definition) is 0. The lowest BCUT2D eigenvalue weighted by atomic mass is 10.1. The largest absolute Gasteiger partial charge is 0.497 e. The molecule has 0 atom stereocenters. The number of ether oxygens (including phenoxy) is 2. The van der Waals surface area contributed by atoms with Gasteiger partial charge in [0.15, 0.2) is 0 Å². The number of halogens is 1. The third kappa shape index (κ3) is 4.04. The molecule has 1 aliphatic heterocycles. The maximum Gasteiger partial charge on any atom is 0.273 e. The normalized spacial score (nSPS) is 13.7. The zero-order valence-corrected chi connectivity index (χ0v) is 18.4. The molecule has 2 amide bonds. The molecule has 31 heavy (non-hydrogen) atoms. The molecule has 156 valence electrons. The van der Waals surface area contributed by atoms with E-state index in [1.54, 1.807) is 49.6 Å². The first-order valence-corrected chi connectivity index (χ1v) is 10.6. The SMILES string of the molecule is COc1ccc(C2=C(Sc3ccccc3)C(=O)N(c3cc(Cl)ccc3OC)C2=O)cc1. The monoisotopic (exact) mass is 451 g/mol. The van der Waals surface area contributed by atoms with Crippen molar-refractivity contribution < 1.29 is 19.1 Å². The average molecular weight is 452 g/mol. The van der Waals surface area contributed by atoms with Crippen molar-refractivity contribution >= 4 is 46.4 Å². The number of nitrogens with zero attached hydrogens (tertiary/aromatic N) is 1. The van der Waals surface area contributed by atoms with Gasteiger partial charge in [0, 0.05) is 9.92 Å². The van der Waals surface area contributed by atoms with Gasteiger partial charge in [-0.05, 0) is 48.0 Å². The van der Waals surface area contributed by atoms with Crippen LogP contribution in [-0.2, 0) is 9.59 Å². The summed E-state index contributed by atoms with van der Waals surface area (Å²) in [6, 6.07) is 21.3. The number of thioether (sulfide) groups is 1. The maximum absolute atomic E-state index is 13.6. The molecule has 0 bridgehead atoms.